The Morgan fingerprint density at radius 2 is 1.85 bits per heavy atom. The van der Waals surface area contributed by atoms with E-state index in [4.69, 9.17) is 4.74 Å². The van der Waals surface area contributed by atoms with E-state index in [-0.39, 0.29) is 16.4 Å². The molecule has 0 spiro atoms. The van der Waals surface area contributed by atoms with Crippen molar-refractivity contribution in [3.05, 3.63) is 59.7 Å². The maximum Gasteiger partial charge on any atom is 0.338 e. The fourth-order valence-electron chi connectivity index (χ4n) is 2.88. The predicted molar refractivity (Wildman–Crippen MR) is 100 cm³/mol. The van der Waals surface area contributed by atoms with Crippen molar-refractivity contribution >= 4 is 27.6 Å². The molecule has 7 nitrogen and oxygen atoms in total. The first-order chi connectivity index (χ1) is 12.8. The fraction of sp³-hybridized carbons (Fsp3) is 0.263. The van der Waals surface area contributed by atoms with Crippen LogP contribution in [0.4, 0.5) is 5.69 Å². The molecule has 142 valence electrons. The van der Waals surface area contributed by atoms with Crippen molar-refractivity contribution in [3.8, 4) is 0 Å². The summed E-state index contributed by atoms with van der Waals surface area (Å²) in [7, 11) is -0.841. The number of fused-ring (bicyclic) bond motifs is 1. The highest BCUT2D eigenvalue weighted by molar-refractivity contribution is 7.89. The van der Waals surface area contributed by atoms with Crippen LogP contribution in [-0.4, -0.2) is 51.8 Å². The summed E-state index contributed by atoms with van der Waals surface area (Å²) in [5, 5.41) is 0. The summed E-state index contributed by atoms with van der Waals surface area (Å²) in [6.07, 6.45) is 0.764. The van der Waals surface area contributed by atoms with Crippen LogP contribution in [0.3, 0.4) is 0 Å². The van der Waals surface area contributed by atoms with Gasteiger partial charge in [0.1, 0.15) is 0 Å². The van der Waals surface area contributed by atoms with E-state index in [0.717, 1.165) is 22.0 Å². The van der Waals surface area contributed by atoms with E-state index in [1.54, 1.807) is 4.90 Å². The maximum absolute atomic E-state index is 12.4. The number of rotatable bonds is 5. The van der Waals surface area contributed by atoms with E-state index >= 15 is 0 Å². The molecule has 0 saturated carbocycles. The zero-order valence-corrected chi connectivity index (χ0v) is 15.9. The van der Waals surface area contributed by atoms with Crippen molar-refractivity contribution in [3.63, 3.8) is 0 Å². The SMILES string of the molecule is CN(C)S(=O)(=O)c1cccc(C(=O)OCC(=O)N2CCc3ccccc32)c1. The maximum atomic E-state index is 12.4. The van der Waals surface area contributed by atoms with Gasteiger partial charge in [0.05, 0.1) is 10.5 Å². The first-order valence-corrected chi connectivity index (χ1v) is 9.82. The lowest BCUT2D eigenvalue weighted by Crippen LogP contribution is -2.33. The van der Waals surface area contributed by atoms with Crippen LogP contribution >= 0.6 is 0 Å². The Kier molecular flexibility index (Phi) is 5.29. The summed E-state index contributed by atoms with van der Waals surface area (Å²) >= 11 is 0. The second-order valence-corrected chi connectivity index (χ2v) is 8.47. The molecule has 1 aliphatic rings. The number of carbonyl (C=O) groups excluding carboxylic acids is 2. The second-order valence-electron chi connectivity index (χ2n) is 6.32. The highest BCUT2D eigenvalue weighted by Gasteiger charge is 2.25. The molecule has 27 heavy (non-hydrogen) atoms. The fourth-order valence-corrected chi connectivity index (χ4v) is 3.83. The number of esters is 1. The van der Waals surface area contributed by atoms with Gasteiger partial charge in [-0.2, -0.15) is 0 Å². The average Bonchev–Trinajstić information content (AvgIpc) is 3.10. The van der Waals surface area contributed by atoms with E-state index in [1.807, 2.05) is 24.3 Å². The van der Waals surface area contributed by atoms with E-state index < -0.39 is 22.6 Å². The lowest BCUT2D eigenvalue weighted by molar-refractivity contribution is -0.121. The van der Waals surface area contributed by atoms with Crippen molar-refractivity contribution < 1.29 is 22.7 Å². The number of para-hydroxylation sites is 1. The Labute approximate surface area is 158 Å². The van der Waals surface area contributed by atoms with Crippen molar-refractivity contribution in [2.45, 2.75) is 11.3 Å². The monoisotopic (exact) mass is 388 g/mol. The molecule has 0 N–H and O–H groups in total. The van der Waals surface area contributed by atoms with Gasteiger partial charge in [-0.1, -0.05) is 24.3 Å². The van der Waals surface area contributed by atoms with Crippen molar-refractivity contribution in [2.24, 2.45) is 0 Å². The molecule has 0 radical (unpaired) electrons. The van der Waals surface area contributed by atoms with Crippen molar-refractivity contribution in [1.29, 1.82) is 0 Å². The van der Waals surface area contributed by atoms with Gasteiger partial charge in [-0.05, 0) is 36.2 Å². The molecule has 0 bridgehead atoms. The molecule has 0 aliphatic carbocycles. The van der Waals surface area contributed by atoms with E-state index in [1.165, 1.54) is 38.4 Å². The largest absolute Gasteiger partial charge is 0.452 e. The zero-order valence-electron chi connectivity index (χ0n) is 15.1. The minimum atomic E-state index is -3.66. The third kappa shape index (κ3) is 3.86. The molecular weight excluding hydrogens is 368 g/mol. The smallest absolute Gasteiger partial charge is 0.338 e. The van der Waals surface area contributed by atoms with E-state index in [2.05, 4.69) is 0 Å². The number of benzene rings is 2. The molecule has 0 saturated heterocycles. The molecule has 0 aromatic heterocycles. The van der Waals surface area contributed by atoms with Crippen LogP contribution in [0, 0.1) is 0 Å². The van der Waals surface area contributed by atoms with Crippen molar-refractivity contribution in [1.82, 2.24) is 4.31 Å². The second kappa shape index (κ2) is 7.50. The quantitative estimate of drug-likeness (QED) is 0.728. The molecule has 3 rings (SSSR count). The van der Waals surface area contributed by atoms with Crippen LogP contribution in [0.25, 0.3) is 0 Å². The van der Waals surface area contributed by atoms with Gasteiger partial charge < -0.3 is 9.64 Å². The third-order valence-electron chi connectivity index (χ3n) is 4.36. The van der Waals surface area contributed by atoms with Gasteiger partial charge in [0.25, 0.3) is 5.91 Å². The topological polar surface area (TPSA) is 84.0 Å². The van der Waals surface area contributed by atoms with Gasteiger partial charge in [-0.15, -0.1) is 0 Å². The van der Waals surface area contributed by atoms with Crippen LogP contribution in [0.2, 0.25) is 0 Å². The van der Waals surface area contributed by atoms with Crippen LogP contribution < -0.4 is 4.90 Å². The van der Waals surface area contributed by atoms with Gasteiger partial charge in [0.2, 0.25) is 10.0 Å². The summed E-state index contributed by atoms with van der Waals surface area (Å²) in [5.74, 6) is -1.06. The van der Waals surface area contributed by atoms with Crippen LogP contribution in [0.15, 0.2) is 53.4 Å². The summed E-state index contributed by atoms with van der Waals surface area (Å²) in [4.78, 5) is 26.2. The molecule has 1 aliphatic heterocycles. The van der Waals surface area contributed by atoms with E-state index in [9.17, 15) is 18.0 Å². The van der Waals surface area contributed by atoms with Gasteiger partial charge in [0, 0.05) is 26.3 Å². The number of hydrogen-bond donors (Lipinski definition) is 0. The number of carbonyl (C=O) groups is 2. The number of amides is 1. The van der Waals surface area contributed by atoms with Crippen molar-refractivity contribution in [2.75, 3.05) is 32.1 Å². The van der Waals surface area contributed by atoms with Gasteiger partial charge in [-0.3, -0.25) is 4.79 Å². The molecule has 1 amide bonds. The number of hydrogen-bond acceptors (Lipinski definition) is 5. The van der Waals surface area contributed by atoms with E-state index in [0.29, 0.717) is 6.54 Å². The number of ether oxygens (including phenoxy) is 1. The molecule has 2 aromatic carbocycles. The number of nitrogens with zero attached hydrogens (tertiary/aromatic N) is 2. The average molecular weight is 388 g/mol. The summed E-state index contributed by atoms with van der Waals surface area (Å²) in [6.45, 7) is 0.143. The number of sulfonamides is 1. The highest BCUT2D eigenvalue weighted by Crippen LogP contribution is 2.27. The van der Waals surface area contributed by atoms with Crippen LogP contribution in [0.5, 0.6) is 0 Å². The van der Waals surface area contributed by atoms with Crippen LogP contribution in [0.1, 0.15) is 15.9 Å². The normalized spacial score (nSPS) is 13.5. The minimum absolute atomic E-state index is 0.0123. The molecular formula is C19H20N2O5S. The number of anilines is 1. The molecule has 8 heteroatoms. The minimum Gasteiger partial charge on any atom is -0.452 e. The van der Waals surface area contributed by atoms with Gasteiger partial charge in [-0.25, -0.2) is 17.5 Å². The first kappa shape index (κ1) is 19.1. The molecule has 0 atom stereocenters. The highest BCUT2D eigenvalue weighted by atomic mass is 32.2. The Hall–Kier alpha value is -2.71. The Balaban J connectivity index is 1.68. The lowest BCUT2D eigenvalue weighted by Gasteiger charge is -2.17. The zero-order chi connectivity index (χ0) is 19.6. The Morgan fingerprint density at radius 1 is 1.11 bits per heavy atom. The Morgan fingerprint density at radius 3 is 2.59 bits per heavy atom. The van der Waals surface area contributed by atoms with Crippen LogP contribution in [-0.2, 0) is 26.0 Å². The first-order valence-electron chi connectivity index (χ1n) is 8.38. The Bertz CT molecular complexity index is 985. The molecule has 2 aromatic rings. The summed E-state index contributed by atoms with van der Waals surface area (Å²) in [6, 6.07) is 13.2. The molecule has 0 fully saturated rings. The predicted octanol–water partition coefficient (Wildman–Crippen LogP) is 1.68. The van der Waals surface area contributed by atoms with Gasteiger partial charge in [0.15, 0.2) is 6.61 Å². The summed E-state index contributed by atoms with van der Waals surface area (Å²) in [5.41, 5.74) is 1.99. The molecule has 1 heterocycles. The standard InChI is InChI=1S/C19H20N2O5S/c1-20(2)27(24,25)16-8-5-7-15(12-16)19(23)26-13-18(22)21-11-10-14-6-3-4-9-17(14)21/h3-9,12H,10-11,13H2,1-2H3. The molecule has 0 unspecified atom stereocenters. The lowest BCUT2D eigenvalue weighted by atomic mass is 10.2. The third-order valence-corrected chi connectivity index (χ3v) is 6.17. The van der Waals surface area contributed by atoms with Gasteiger partial charge >= 0.3 is 5.97 Å². The summed E-state index contributed by atoms with van der Waals surface area (Å²) < 4.78 is 30.5.